The number of anilines is 2. The molecule has 0 saturated heterocycles. The van der Waals surface area contributed by atoms with E-state index in [4.69, 9.17) is 4.74 Å². The van der Waals surface area contributed by atoms with Crippen LogP contribution in [0.4, 0.5) is 11.4 Å². The summed E-state index contributed by atoms with van der Waals surface area (Å²) in [6.45, 7) is 2.11. The lowest BCUT2D eigenvalue weighted by Crippen LogP contribution is -2.24. The van der Waals surface area contributed by atoms with Gasteiger partial charge >= 0.3 is 0 Å². The van der Waals surface area contributed by atoms with Crippen LogP contribution in [-0.2, 0) is 16.1 Å². The number of nitrogens with one attached hydrogen (secondary N) is 3. The van der Waals surface area contributed by atoms with Crippen LogP contribution in [0.5, 0.6) is 5.75 Å². The Balaban J connectivity index is 1.42. The van der Waals surface area contributed by atoms with Crippen LogP contribution >= 0.6 is 0 Å². The third kappa shape index (κ3) is 7.28. The van der Waals surface area contributed by atoms with Gasteiger partial charge in [-0.3, -0.25) is 14.4 Å². The maximum Gasteiger partial charge on any atom is 0.255 e. The molecule has 0 spiro atoms. The predicted molar refractivity (Wildman–Crippen MR) is 124 cm³/mol. The standard InChI is InChI=1S/C25H25N3O4/c1-18(29)27-21-11-13-22(14-12-21)28-25(31)20-9-7-19(8-10-20)17-26-24(30)15-16-32-23-5-3-2-4-6-23/h2-14H,15-17H2,1H3,(H,26,30)(H,27,29)(H,28,31). The molecule has 0 aliphatic heterocycles. The lowest BCUT2D eigenvalue weighted by molar-refractivity contribution is -0.121. The summed E-state index contributed by atoms with van der Waals surface area (Å²) in [5.41, 5.74) is 2.67. The van der Waals surface area contributed by atoms with Crippen LogP contribution in [0.15, 0.2) is 78.9 Å². The Morgan fingerprint density at radius 3 is 2.03 bits per heavy atom. The SMILES string of the molecule is CC(=O)Nc1ccc(NC(=O)c2ccc(CNC(=O)CCOc3ccccc3)cc2)cc1. The molecule has 7 nitrogen and oxygen atoms in total. The summed E-state index contributed by atoms with van der Waals surface area (Å²) in [5, 5.41) is 8.33. The van der Waals surface area contributed by atoms with Crippen LogP contribution in [-0.4, -0.2) is 24.3 Å². The first-order valence-electron chi connectivity index (χ1n) is 10.2. The summed E-state index contributed by atoms with van der Waals surface area (Å²) >= 11 is 0. The van der Waals surface area contributed by atoms with E-state index < -0.39 is 0 Å². The van der Waals surface area contributed by atoms with E-state index in [1.807, 2.05) is 30.3 Å². The van der Waals surface area contributed by atoms with E-state index in [1.54, 1.807) is 48.5 Å². The molecular formula is C25H25N3O4. The number of hydrogen-bond donors (Lipinski definition) is 3. The van der Waals surface area contributed by atoms with E-state index in [1.165, 1.54) is 6.92 Å². The Morgan fingerprint density at radius 2 is 1.41 bits per heavy atom. The maximum atomic E-state index is 12.4. The Labute approximate surface area is 186 Å². The number of ether oxygens (including phenoxy) is 1. The second kappa shape index (κ2) is 11.3. The Bertz CT molecular complexity index is 1050. The van der Waals surface area contributed by atoms with Crippen molar-refractivity contribution in [1.82, 2.24) is 5.32 Å². The fourth-order valence-corrected chi connectivity index (χ4v) is 2.88. The molecule has 0 saturated carbocycles. The molecule has 7 heteroatoms. The number of para-hydroxylation sites is 1. The van der Waals surface area contributed by atoms with Crippen LogP contribution in [0.1, 0.15) is 29.3 Å². The second-order valence-corrected chi connectivity index (χ2v) is 7.10. The molecule has 0 fully saturated rings. The number of amides is 3. The van der Waals surface area contributed by atoms with Crippen molar-refractivity contribution in [2.45, 2.75) is 19.9 Å². The Kier molecular flexibility index (Phi) is 7.97. The zero-order valence-corrected chi connectivity index (χ0v) is 17.8. The van der Waals surface area contributed by atoms with Crippen LogP contribution in [0.2, 0.25) is 0 Å². The molecule has 0 heterocycles. The predicted octanol–water partition coefficient (Wildman–Crippen LogP) is 3.98. The number of hydrogen-bond acceptors (Lipinski definition) is 4. The van der Waals surface area contributed by atoms with Crippen molar-refractivity contribution in [2.75, 3.05) is 17.2 Å². The van der Waals surface area contributed by atoms with Crippen LogP contribution in [0.25, 0.3) is 0 Å². The molecular weight excluding hydrogens is 406 g/mol. The summed E-state index contributed by atoms with van der Waals surface area (Å²) < 4.78 is 5.52. The van der Waals surface area contributed by atoms with Crippen molar-refractivity contribution in [3.05, 3.63) is 90.0 Å². The zero-order valence-electron chi connectivity index (χ0n) is 17.8. The third-order valence-corrected chi connectivity index (χ3v) is 4.51. The monoisotopic (exact) mass is 431 g/mol. The third-order valence-electron chi connectivity index (χ3n) is 4.51. The average Bonchev–Trinajstić information content (AvgIpc) is 2.80. The number of carbonyl (C=O) groups is 3. The van der Waals surface area contributed by atoms with Crippen molar-refractivity contribution >= 4 is 29.1 Å². The minimum atomic E-state index is -0.245. The van der Waals surface area contributed by atoms with Gasteiger partial charge in [-0.15, -0.1) is 0 Å². The molecule has 0 aliphatic rings. The molecule has 0 radical (unpaired) electrons. The van der Waals surface area contributed by atoms with Crippen LogP contribution < -0.4 is 20.7 Å². The van der Waals surface area contributed by atoms with Crippen molar-refractivity contribution in [1.29, 1.82) is 0 Å². The topological polar surface area (TPSA) is 96.5 Å². The minimum absolute atomic E-state index is 0.106. The van der Waals surface area contributed by atoms with Crippen LogP contribution in [0, 0.1) is 0 Å². The lowest BCUT2D eigenvalue weighted by atomic mass is 10.1. The van der Waals surface area contributed by atoms with E-state index in [9.17, 15) is 14.4 Å². The molecule has 0 aromatic heterocycles. The highest BCUT2D eigenvalue weighted by Crippen LogP contribution is 2.15. The number of benzene rings is 3. The first-order chi connectivity index (χ1) is 15.5. The van der Waals surface area contributed by atoms with Crippen molar-refractivity contribution in [3.8, 4) is 5.75 Å². The minimum Gasteiger partial charge on any atom is -0.493 e. The molecule has 3 aromatic rings. The quantitative estimate of drug-likeness (QED) is 0.477. The molecule has 3 aromatic carbocycles. The first kappa shape index (κ1) is 22.6. The van der Waals surface area contributed by atoms with Gasteiger partial charge in [-0.25, -0.2) is 0 Å². The number of rotatable bonds is 9. The van der Waals surface area contributed by atoms with Gasteiger partial charge < -0.3 is 20.7 Å². The normalized spacial score (nSPS) is 10.2. The lowest BCUT2D eigenvalue weighted by Gasteiger charge is -2.09. The van der Waals surface area contributed by atoms with Gasteiger partial charge in [-0.1, -0.05) is 30.3 Å². The highest BCUT2D eigenvalue weighted by atomic mass is 16.5. The van der Waals surface area contributed by atoms with Gasteiger partial charge in [0.1, 0.15) is 5.75 Å². The van der Waals surface area contributed by atoms with E-state index in [-0.39, 0.29) is 24.1 Å². The Morgan fingerprint density at radius 1 is 0.781 bits per heavy atom. The van der Waals surface area contributed by atoms with Crippen molar-refractivity contribution in [2.24, 2.45) is 0 Å². The van der Waals surface area contributed by atoms with E-state index in [0.29, 0.717) is 30.1 Å². The molecule has 3 rings (SSSR count). The summed E-state index contributed by atoms with van der Waals surface area (Å²) in [5.74, 6) is 0.229. The smallest absolute Gasteiger partial charge is 0.255 e. The molecule has 3 N–H and O–H groups in total. The van der Waals surface area contributed by atoms with E-state index >= 15 is 0 Å². The molecule has 0 aliphatic carbocycles. The number of carbonyl (C=O) groups excluding carboxylic acids is 3. The van der Waals surface area contributed by atoms with Gasteiger partial charge in [0.05, 0.1) is 13.0 Å². The first-order valence-corrected chi connectivity index (χ1v) is 10.2. The summed E-state index contributed by atoms with van der Waals surface area (Å²) in [7, 11) is 0. The van der Waals surface area contributed by atoms with Gasteiger partial charge in [0, 0.05) is 30.4 Å². The average molecular weight is 431 g/mol. The fraction of sp³-hybridized carbons (Fsp3) is 0.160. The van der Waals surface area contributed by atoms with E-state index in [0.717, 1.165) is 11.3 Å². The van der Waals surface area contributed by atoms with Crippen molar-refractivity contribution < 1.29 is 19.1 Å². The Hall–Kier alpha value is -4.13. The largest absolute Gasteiger partial charge is 0.493 e. The van der Waals surface area contributed by atoms with Gasteiger partial charge in [-0.05, 0) is 54.1 Å². The highest BCUT2D eigenvalue weighted by molar-refractivity contribution is 6.04. The van der Waals surface area contributed by atoms with Gasteiger partial charge in [0.15, 0.2) is 0 Å². The molecule has 0 bridgehead atoms. The molecule has 0 unspecified atom stereocenters. The highest BCUT2D eigenvalue weighted by Gasteiger charge is 2.07. The van der Waals surface area contributed by atoms with Gasteiger partial charge in [0.25, 0.3) is 5.91 Å². The fourth-order valence-electron chi connectivity index (χ4n) is 2.88. The van der Waals surface area contributed by atoms with Gasteiger partial charge in [0.2, 0.25) is 11.8 Å². The summed E-state index contributed by atoms with van der Waals surface area (Å²) in [6.07, 6.45) is 0.260. The summed E-state index contributed by atoms with van der Waals surface area (Å²) in [6, 6.07) is 23.2. The molecule has 32 heavy (non-hydrogen) atoms. The molecule has 3 amide bonds. The van der Waals surface area contributed by atoms with Crippen LogP contribution in [0.3, 0.4) is 0 Å². The van der Waals surface area contributed by atoms with E-state index in [2.05, 4.69) is 16.0 Å². The second-order valence-electron chi connectivity index (χ2n) is 7.10. The zero-order chi connectivity index (χ0) is 22.8. The molecule has 0 atom stereocenters. The van der Waals surface area contributed by atoms with Crippen molar-refractivity contribution in [3.63, 3.8) is 0 Å². The summed E-state index contributed by atoms with van der Waals surface area (Å²) in [4.78, 5) is 35.5. The van der Waals surface area contributed by atoms with Gasteiger partial charge in [-0.2, -0.15) is 0 Å². The molecule has 164 valence electrons. The maximum absolute atomic E-state index is 12.4.